The Hall–Kier alpha value is -5.39. The molecule has 3 aromatic heterocycles. The Morgan fingerprint density at radius 2 is 1.44 bits per heavy atom. The number of para-hydroxylation sites is 3. The van der Waals surface area contributed by atoms with Gasteiger partial charge in [0.25, 0.3) is 0 Å². The molecule has 1 radical (unpaired) electrons. The fourth-order valence-corrected chi connectivity index (χ4v) is 10.4. The molecule has 64 heavy (non-hydrogen) atoms. The van der Waals surface area contributed by atoms with Crippen LogP contribution >= 0.6 is 0 Å². The van der Waals surface area contributed by atoms with E-state index in [4.69, 9.17) is 16.3 Å². The minimum atomic E-state index is -2.16. The summed E-state index contributed by atoms with van der Waals surface area (Å²) in [6.07, 6.45) is 4.49. The van der Waals surface area contributed by atoms with Crippen molar-refractivity contribution in [1.29, 1.82) is 0 Å². The molecular formula is C58H59IrN3OSi-2. The van der Waals surface area contributed by atoms with E-state index in [-0.39, 0.29) is 31.6 Å². The van der Waals surface area contributed by atoms with Crippen LogP contribution in [-0.2, 0) is 26.5 Å². The van der Waals surface area contributed by atoms with E-state index in [1.807, 2.05) is 30.5 Å². The van der Waals surface area contributed by atoms with Crippen LogP contribution < -0.4 is 5.19 Å². The van der Waals surface area contributed by atoms with Crippen LogP contribution in [0.3, 0.4) is 0 Å². The average molecular weight is 1040 g/mol. The van der Waals surface area contributed by atoms with Crippen molar-refractivity contribution in [2.24, 2.45) is 5.92 Å². The fourth-order valence-electron chi connectivity index (χ4n) is 9.04. The van der Waals surface area contributed by atoms with Crippen molar-refractivity contribution >= 4 is 46.2 Å². The summed E-state index contributed by atoms with van der Waals surface area (Å²) >= 11 is 0. The van der Waals surface area contributed by atoms with Gasteiger partial charge in [-0.25, -0.2) is 0 Å². The van der Waals surface area contributed by atoms with Crippen molar-refractivity contribution in [1.82, 2.24) is 14.5 Å². The predicted molar refractivity (Wildman–Crippen MR) is 268 cm³/mol. The first-order valence-electron chi connectivity index (χ1n) is 25.0. The molecule has 327 valence electrons. The van der Waals surface area contributed by atoms with E-state index in [0.717, 1.165) is 80.8 Å². The van der Waals surface area contributed by atoms with Gasteiger partial charge in [0.05, 0.1) is 30.5 Å². The molecule has 0 amide bonds. The van der Waals surface area contributed by atoms with Crippen molar-refractivity contribution in [3.8, 4) is 39.5 Å². The number of hydrogen-bond donors (Lipinski definition) is 0. The number of nitrogens with zero attached hydrogens (tertiary/aromatic N) is 3. The SMILES string of the molecule is CC(C)c1cc(-c2ccccc2)cc(C(C)C)c1-n1c(-c2[c-]cc3oc4ccccc4c3c2)nc2ccccc21.[2H]C([2H])([2H])c1c[c-]c(-c2cc(C([2H])([2H])C3CCCC3)c([Si](C)(C)C)cn2)cc1.[Ir]. The minimum absolute atomic E-state index is 0. The Kier molecular flexibility index (Phi) is 11.6. The van der Waals surface area contributed by atoms with Gasteiger partial charge in [0.15, 0.2) is 0 Å². The normalized spacial score (nSPS) is 14.8. The van der Waals surface area contributed by atoms with E-state index in [1.165, 1.54) is 34.0 Å². The Labute approximate surface area is 401 Å². The maximum absolute atomic E-state index is 8.94. The van der Waals surface area contributed by atoms with Gasteiger partial charge >= 0.3 is 0 Å². The number of rotatable bonds is 9. The first kappa shape index (κ1) is 39.0. The van der Waals surface area contributed by atoms with Crippen LogP contribution in [0.5, 0.6) is 0 Å². The molecule has 1 fully saturated rings. The van der Waals surface area contributed by atoms with Gasteiger partial charge in [-0.2, -0.15) is 0 Å². The second-order valence-electron chi connectivity index (χ2n) is 18.6. The van der Waals surface area contributed by atoms with Crippen LogP contribution in [0.4, 0.5) is 0 Å². The van der Waals surface area contributed by atoms with E-state index in [9.17, 15) is 0 Å². The van der Waals surface area contributed by atoms with E-state index < -0.39 is 21.3 Å². The third-order valence-electron chi connectivity index (χ3n) is 12.4. The molecule has 0 aliphatic heterocycles. The molecule has 1 aliphatic rings. The second kappa shape index (κ2) is 19.0. The van der Waals surface area contributed by atoms with Crippen LogP contribution in [0.25, 0.3) is 72.4 Å². The first-order chi connectivity index (χ1) is 32.4. The number of aryl methyl sites for hydroxylation is 1. The summed E-state index contributed by atoms with van der Waals surface area (Å²) in [6, 6.07) is 49.4. The largest absolute Gasteiger partial charge is 0.500 e. The van der Waals surface area contributed by atoms with Crippen molar-refractivity contribution in [3.05, 3.63) is 168 Å². The summed E-state index contributed by atoms with van der Waals surface area (Å²) in [5, 5.41) is 3.25. The van der Waals surface area contributed by atoms with Gasteiger partial charge in [-0.05, 0) is 87.6 Å². The minimum Gasteiger partial charge on any atom is -0.500 e. The second-order valence-corrected chi connectivity index (χ2v) is 23.7. The maximum Gasteiger partial charge on any atom is 0.120 e. The van der Waals surface area contributed by atoms with Gasteiger partial charge in [0.2, 0.25) is 0 Å². The zero-order valence-electron chi connectivity index (χ0n) is 42.8. The Bertz CT molecular complexity index is 3230. The van der Waals surface area contributed by atoms with Gasteiger partial charge in [0.1, 0.15) is 5.58 Å². The Balaban J connectivity index is 0.000000196. The van der Waals surface area contributed by atoms with Gasteiger partial charge in [0, 0.05) is 44.2 Å². The fraction of sp³-hybridized carbons (Fsp3) is 0.276. The number of aromatic nitrogens is 3. The van der Waals surface area contributed by atoms with Crippen LogP contribution in [-0.4, -0.2) is 22.6 Å². The van der Waals surface area contributed by atoms with Crippen molar-refractivity contribution in [2.75, 3.05) is 0 Å². The van der Waals surface area contributed by atoms with Crippen LogP contribution in [0.15, 0.2) is 138 Å². The van der Waals surface area contributed by atoms with E-state index in [2.05, 4.69) is 154 Å². The monoisotopic (exact) mass is 1040 g/mol. The number of hydrogen-bond acceptors (Lipinski definition) is 3. The van der Waals surface area contributed by atoms with Gasteiger partial charge in [-0.1, -0.05) is 158 Å². The number of furan rings is 1. The molecule has 6 aromatic carbocycles. The van der Waals surface area contributed by atoms with Gasteiger partial charge < -0.3 is 14.0 Å². The van der Waals surface area contributed by atoms with E-state index in [1.54, 1.807) is 12.1 Å². The molecule has 3 heterocycles. The predicted octanol–water partition coefficient (Wildman–Crippen LogP) is 15.4. The zero-order valence-corrected chi connectivity index (χ0v) is 41.2. The van der Waals surface area contributed by atoms with Gasteiger partial charge in [-0.3, -0.25) is 4.98 Å². The summed E-state index contributed by atoms with van der Waals surface area (Å²) < 4.78 is 48.9. The van der Waals surface area contributed by atoms with Crippen molar-refractivity contribution in [3.63, 3.8) is 0 Å². The third-order valence-corrected chi connectivity index (χ3v) is 14.4. The maximum atomic E-state index is 8.94. The molecule has 1 aliphatic carbocycles. The first-order valence-corrected chi connectivity index (χ1v) is 26.0. The number of benzene rings is 6. The van der Waals surface area contributed by atoms with E-state index >= 15 is 0 Å². The average Bonchev–Trinajstić information content (AvgIpc) is 4.10. The molecule has 1 saturated carbocycles. The summed E-state index contributed by atoms with van der Waals surface area (Å²) in [6.45, 7) is 13.6. The molecule has 0 bridgehead atoms. The molecule has 0 saturated heterocycles. The van der Waals surface area contributed by atoms with Gasteiger partial charge in [-0.15, -0.1) is 59.2 Å². The molecule has 0 atom stereocenters. The summed E-state index contributed by atoms with van der Waals surface area (Å²) in [5.41, 5.74) is 13.4. The van der Waals surface area contributed by atoms with E-state index in [0.29, 0.717) is 23.1 Å². The van der Waals surface area contributed by atoms with Crippen molar-refractivity contribution < 1.29 is 31.4 Å². The standard InChI is InChI=1S/C37H31N2O.C21H28NSi.Ir/c1-23(2)29-21-27(25-12-6-5-7-13-25)22-30(24(3)4)36(29)39-33-16-10-9-15-32(33)38-37(39)26-18-19-35-31(20-26)28-14-8-11-17-34(28)40-35;1-16-9-11-18(12-10-16)20-14-19(13-17-7-5-6-8-17)21(15-22-20)23(2,3)4;/h5-17,19-24H,1-4H3;9-11,14-15,17H,5-8,13H2,1-4H3;/q2*-1;/i;1D3,13D2;. The van der Waals surface area contributed by atoms with Crippen LogP contribution in [0, 0.1) is 24.9 Å². The molecule has 6 heteroatoms. The third kappa shape index (κ3) is 9.24. The summed E-state index contributed by atoms with van der Waals surface area (Å²) in [7, 11) is -1.78. The number of pyridine rings is 1. The molecule has 0 unspecified atom stereocenters. The smallest absolute Gasteiger partial charge is 0.120 e. The van der Waals surface area contributed by atoms with Crippen LogP contribution in [0.1, 0.15) is 94.3 Å². The quantitative estimate of drug-likeness (QED) is 0.107. The Morgan fingerprint density at radius 1 is 0.750 bits per heavy atom. The molecule has 0 N–H and O–H groups in total. The summed E-state index contributed by atoms with van der Waals surface area (Å²) in [4.78, 5) is 9.82. The molecule has 9 aromatic rings. The van der Waals surface area contributed by atoms with Crippen molar-refractivity contribution in [2.45, 2.75) is 98.1 Å². The Morgan fingerprint density at radius 3 is 2.12 bits per heavy atom. The number of imidazole rings is 1. The summed E-state index contributed by atoms with van der Waals surface area (Å²) in [5.74, 6) is 1.56. The molecule has 10 rings (SSSR count). The van der Waals surface area contributed by atoms with Crippen LogP contribution in [0.2, 0.25) is 19.6 Å². The molecule has 4 nitrogen and oxygen atoms in total. The topological polar surface area (TPSA) is 43.9 Å². The number of fused-ring (bicyclic) bond motifs is 4. The zero-order chi connectivity index (χ0) is 48.1. The molecular weight excluding hydrogens is 975 g/mol. The molecule has 0 spiro atoms.